The molecular weight excluding hydrogens is 346 g/mol. The highest BCUT2D eigenvalue weighted by atomic mass is 32.1. The Morgan fingerprint density at radius 2 is 1.92 bits per heavy atom. The second-order valence-corrected chi connectivity index (χ2v) is 7.61. The Bertz CT molecular complexity index is 961. The molecule has 0 spiro atoms. The fourth-order valence-corrected chi connectivity index (χ4v) is 3.96. The first-order chi connectivity index (χ1) is 12.5. The summed E-state index contributed by atoms with van der Waals surface area (Å²) in [6.07, 6.45) is 0.774. The smallest absolute Gasteiger partial charge is 0.274 e. The number of amides is 1. The maximum absolute atomic E-state index is 13.1. The van der Waals surface area contributed by atoms with E-state index >= 15 is 0 Å². The number of aryl methyl sites for hydroxylation is 1. The summed E-state index contributed by atoms with van der Waals surface area (Å²) in [5, 5.41) is 10.6. The van der Waals surface area contributed by atoms with Crippen LogP contribution in [0.5, 0.6) is 0 Å². The van der Waals surface area contributed by atoms with E-state index in [1.807, 2.05) is 36.6 Å². The first-order valence-corrected chi connectivity index (χ1v) is 9.75. The Morgan fingerprint density at radius 3 is 2.54 bits per heavy atom. The van der Waals surface area contributed by atoms with Gasteiger partial charge in [-0.3, -0.25) is 9.59 Å². The lowest BCUT2D eigenvalue weighted by Crippen LogP contribution is -2.34. The van der Waals surface area contributed by atoms with Crippen molar-refractivity contribution in [3.8, 4) is 0 Å². The molecule has 136 valence electrons. The summed E-state index contributed by atoms with van der Waals surface area (Å²) in [7, 11) is 0. The number of hydrogen-bond donors (Lipinski definition) is 1. The van der Waals surface area contributed by atoms with E-state index < -0.39 is 0 Å². The van der Waals surface area contributed by atoms with Gasteiger partial charge in [0.25, 0.3) is 11.5 Å². The van der Waals surface area contributed by atoms with E-state index in [9.17, 15) is 9.59 Å². The lowest BCUT2D eigenvalue weighted by molar-refractivity contribution is 0.0921. The van der Waals surface area contributed by atoms with Crippen LogP contribution in [0, 0.1) is 5.92 Å². The summed E-state index contributed by atoms with van der Waals surface area (Å²) in [5.74, 6) is -0.0106. The van der Waals surface area contributed by atoms with Crippen LogP contribution in [0.3, 0.4) is 0 Å². The van der Waals surface area contributed by atoms with Crippen molar-refractivity contribution in [2.75, 3.05) is 0 Å². The van der Waals surface area contributed by atoms with E-state index in [4.69, 9.17) is 0 Å². The minimum absolute atomic E-state index is 0.0883. The SMILES string of the molecule is CCCn1nc(C(=O)N[C@H](c2cccs2)C(C)C)c2ccccc2c1=O. The number of rotatable bonds is 6. The molecule has 26 heavy (non-hydrogen) atoms. The molecule has 0 aliphatic carbocycles. The predicted molar refractivity (Wildman–Crippen MR) is 106 cm³/mol. The van der Waals surface area contributed by atoms with Crippen molar-refractivity contribution in [1.29, 1.82) is 0 Å². The molecule has 0 saturated heterocycles. The molecule has 0 unspecified atom stereocenters. The highest BCUT2D eigenvalue weighted by Crippen LogP contribution is 2.26. The van der Waals surface area contributed by atoms with E-state index in [-0.39, 0.29) is 23.4 Å². The number of aromatic nitrogens is 2. The van der Waals surface area contributed by atoms with Crippen LogP contribution >= 0.6 is 11.3 Å². The zero-order valence-corrected chi connectivity index (χ0v) is 16.0. The Hall–Kier alpha value is -2.47. The van der Waals surface area contributed by atoms with Gasteiger partial charge in [-0.15, -0.1) is 11.3 Å². The lowest BCUT2D eigenvalue weighted by Gasteiger charge is -2.21. The molecule has 1 amide bonds. The van der Waals surface area contributed by atoms with E-state index in [1.54, 1.807) is 23.5 Å². The Morgan fingerprint density at radius 1 is 1.19 bits per heavy atom. The number of benzene rings is 1. The van der Waals surface area contributed by atoms with Gasteiger partial charge in [0.1, 0.15) is 0 Å². The van der Waals surface area contributed by atoms with Gasteiger partial charge in [0.05, 0.1) is 11.4 Å². The summed E-state index contributed by atoms with van der Waals surface area (Å²) >= 11 is 1.62. The number of carbonyl (C=O) groups is 1. The fourth-order valence-electron chi connectivity index (χ4n) is 3.01. The van der Waals surface area contributed by atoms with Gasteiger partial charge in [0, 0.05) is 16.8 Å². The van der Waals surface area contributed by atoms with Crippen molar-refractivity contribution in [3.63, 3.8) is 0 Å². The Labute approximate surface area is 156 Å². The van der Waals surface area contributed by atoms with Crippen molar-refractivity contribution in [2.45, 2.75) is 39.8 Å². The van der Waals surface area contributed by atoms with E-state index in [1.165, 1.54) is 4.68 Å². The number of nitrogens with one attached hydrogen (secondary N) is 1. The molecule has 3 rings (SSSR count). The van der Waals surface area contributed by atoms with Gasteiger partial charge >= 0.3 is 0 Å². The summed E-state index contributed by atoms with van der Waals surface area (Å²) in [5.41, 5.74) is 0.147. The molecule has 0 aliphatic rings. The maximum Gasteiger partial charge on any atom is 0.274 e. The third-order valence-corrected chi connectivity index (χ3v) is 5.28. The first kappa shape index (κ1) is 18.3. The second-order valence-electron chi connectivity index (χ2n) is 6.63. The molecular formula is C20H23N3O2S. The van der Waals surface area contributed by atoms with Crippen LogP contribution in [0.25, 0.3) is 10.8 Å². The van der Waals surface area contributed by atoms with Crippen LogP contribution in [0.15, 0.2) is 46.6 Å². The van der Waals surface area contributed by atoms with Crippen LogP contribution in [-0.2, 0) is 6.54 Å². The second kappa shape index (κ2) is 7.83. The molecule has 0 aliphatic heterocycles. The van der Waals surface area contributed by atoms with Gasteiger partial charge in [-0.2, -0.15) is 5.10 Å². The normalized spacial score (nSPS) is 12.5. The molecule has 0 radical (unpaired) electrons. The molecule has 0 saturated carbocycles. The summed E-state index contributed by atoms with van der Waals surface area (Å²) in [6.45, 7) is 6.62. The van der Waals surface area contributed by atoms with E-state index in [0.29, 0.717) is 23.0 Å². The van der Waals surface area contributed by atoms with Crippen LogP contribution in [-0.4, -0.2) is 15.7 Å². The molecule has 1 atom stereocenters. The van der Waals surface area contributed by atoms with Crippen molar-refractivity contribution in [3.05, 3.63) is 62.7 Å². The van der Waals surface area contributed by atoms with Crippen LogP contribution in [0.2, 0.25) is 0 Å². The number of hydrogen-bond acceptors (Lipinski definition) is 4. The molecule has 6 heteroatoms. The fraction of sp³-hybridized carbons (Fsp3) is 0.350. The largest absolute Gasteiger partial charge is 0.343 e. The minimum atomic E-state index is -0.252. The Balaban J connectivity index is 2.05. The number of carbonyl (C=O) groups excluding carboxylic acids is 1. The zero-order valence-electron chi connectivity index (χ0n) is 15.2. The molecule has 2 aromatic heterocycles. The number of thiophene rings is 1. The number of nitrogens with zero attached hydrogens (tertiary/aromatic N) is 2. The van der Waals surface area contributed by atoms with Crippen LogP contribution in [0.4, 0.5) is 0 Å². The summed E-state index contributed by atoms with van der Waals surface area (Å²) in [4.78, 5) is 26.7. The first-order valence-electron chi connectivity index (χ1n) is 8.87. The molecule has 1 aromatic carbocycles. The molecule has 3 aromatic rings. The van der Waals surface area contributed by atoms with Crippen LogP contribution < -0.4 is 10.9 Å². The van der Waals surface area contributed by atoms with E-state index in [2.05, 4.69) is 24.3 Å². The van der Waals surface area contributed by atoms with Gasteiger partial charge in [-0.1, -0.05) is 45.0 Å². The van der Waals surface area contributed by atoms with Crippen molar-refractivity contribution in [2.24, 2.45) is 5.92 Å². The molecule has 5 nitrogen and oxygen atoms in total. The molecule has 1 N–H and O–H groups in total. The highest BCUT2D eigenvalue weighted by molar-refractivity contribution is 7.10. The predicted octanol–water partition coefficient (Wildman–Crippen LogP) is 4.00. The zero-order chi connectivity index (χ0) is 18.7. The van der Waals surface area contributed by atoms with Gasteiger partial charge in [-0.05, 0) is 29.9 Å². The van der Waals surface area contributed by atoms with Crippen molar-refractivity contribution < 1.29 is 4.79 Å². The minimum Gasteiger partial charge on any atom is -0.343 e. The highest BCUT2D eigenvalue weighted by Gasteiger charge is 2.23. The van der Waals surface area contributed by atoms with E-state index in [0.717, 1.165) is 11.3 Å². The summed E-state index contributed by atoms with van der Waals surface area (Å²) < 4.78 is 1.40. The third-order valence-electron chi connectivity index (χ3n) is 4.32. The van der Waals surface area contributed by atoms with Crippen LogP contribution in [0.1, 0.15) is 48.6 Å². The monoisotopic (exact) mass is 369 g/mol. The average molecular weight is 369 g/mol. The molecule has 0 fully saturated rings. The van der Waals surface area contributed by atoms with Gasteiger partial charge in [0.15, 0.2) is 5.69 Å². The summed E-state index contributed by atoms with van der Waals surface area (Å²) in [6, 6.07) is 11.1. The molecule has 2 heterocycles. The third kappa shape index (κ3) is 3.55. The number of fused-ring (bicyclic) bond motifs is 1. The maximum atomic E-state index is 13.1. The topological polar surface area (TPSA) is 64.0 Å². The van der Waals surface area contributed by atoms with Crippen molar-refractivity contribution >= 4 is 28.0 Å². The molecule has 0 bridgehead atoms. The average Bonchev–Trinajstić information content (AvgIpc) is 3.16. The van der Waals surface area contributed by atoms with Gasteiger partial charge in [0.2, 0.25) is 0 Å². The van der Waals surface area contributed by atoms with Crippen molar-refractivity contribution in [1.82, 2.24) is 15.1 Å². The lowest BCUT2D eigenvalue weighted by atomic mass is 10.0. The quantitative estimate of drug-likeness (QED) is 0.714. The standard InChI is InChI=1S/C20H23N3O2S/c1-4-11-23-20(25)15-9-6-5-8-14(15)18(22-23)19(24)21-17(13(2)3)16-10-7-12-26-16/h5-10,12-13,17H,4,11H2,1-3H3,(H,21,24)/t17-/m0/s1. The van der Waals surface area contributed by atoms with Gasteiger partial charge < -0.3 is 5.32 Å². The Kier molecular flexibility index (Phi) is 5.52. The van der Waals surface area contributed by atoms with Gasteiger partial charge in [-0.25, -0.2) is 4.68 Å².